The van der Waals surface area contributed by atoms with Gasteiger partial charge in [0, 0.05) is 18.2 Å². The van der Waals surface area contributed by atoms with Gasteiger partial charge >= 0.3 is 0 Å². The van der Waals surface area contributed by atoms with Crippen LogP contribution in [0.15, 0.2) is 6.20 Å². The van der Waals surface area contributed by atoms with Gasteiger partial charge in [-0.3, -0.25) is 10.1 Å². The SMILES string of the molecule is Cn1c(C(C)(C)C)cnc1NC=O. The molecule has 0 atom stereocenters. The lowest BCUT2D eigenvalue weighted by molar-refractivity contribution is -0.105. The van der Waals surface area contributed by atoms with Crippen molar-refractivity contribution >= 4 is 12.4 Å². The Balaban J connectivity index is 3.06. The summed E-state index contributed by atoms with van der Waals surface area (Å²) in [6.07, 6.45) is 2.42. The van der Waals surface area contributed by atoms with E-state index in [0.29, 0.717) is 12.4 Å². The highest BCUT2D eigenvalue weighted by molar-refractivity contribution is 5.67. The molecule has 0 aromatic carbocycles. The number of aromatic nitrogens is 2. The molecule has 0 unspecified atom stereocenters. The summed E-state index contributed by atoms with van der Waals surface area (Å²) in [6, 6.07) is 0. The van der Waals surface area contributed by atoms with Gasteiger partial charge in [-0.15, -0.1) is 0 Å². The lowest BCUT2D eigenvalue weighted by atomic mass is 9.93. The minimum Gasteiger partial charge on any atom is -0.317 e. The minimum absolute atomic E-state index is 0.0462. The van der Waals surface area contributed by atoms with E-state index < -0.39 is 0 Å². The van der Waals surface area contributed by atoms with E-state index in [-0.39, 0.29) is 5.41 Å². The topological polar surface area (TPSA) is 46.9 Å². The van der Waals surface area contributed by atoms with Crippen molar-refractivity contribution in [2.45, 2.75) is 26.2 Å². The van der Waals surface area contributed by atoms with Gasteiger partial charge in [-0.05, 0) is 0 Å². The maximum atomic E-state index is 10.2. The van der Waals surface area contributed by atoms with Crippen LogP contribution < -0.4 is 5.32 Å². The van der Waals surface area contributed by atoms with Crippen molar-refractivity contribution in [2.75, 3.05) is 5.32 Å². The van der Waals surface area contributed by atoms with Crippen molar-refractivity contribution in [3.05, 3.63) is 11.9 Å². The molecule has 0 aliphatic carbocycles. The number of imidazole rings is 1. The van der Waals surface area contributed by atoms with Gasteiger partial charge in [0.15, 0.2) is 0 Å². The molecule has 4 heteroatoms. The number of nitrogens with zero attached hydrogens (tertiary/aromatic N) is 2. The van der Waals surface area contributed by atoms with E-state index in [1.807, 2.05) is 11.6 Å². The molecule has 1 rings (SSSR count). The van der Waals surface area contributed by atoms with Gasteiger partial charge in [0.05, 0.1) is 6.20 Å². The van der Waals surface area contributed by atoms with Crippen LogP contribution in [-0.2, 0) is 17.3 Å². The first-order valence-corrected chi connectivity index (χ1v) is 4.19. The Morgan fingerprint density at radius 1 is 1.54 bits per heavy atom. The third-order valence-electron chi connectivity index (χ3n) is 1.94. The first-order valence-electron chi connectivity index (χ1n) is 4.19. The number of anilines is 1. The number of nitrogens with one attached hydrogen (secondary N) is 1. The zero-order valence-electron chi connectivity index (χ0n) is 8.46. The Morgan fingerprint density at radius 3 is 2.54 bits per heavy atom. The monoisotopic (exact) mass is 181 g/mol. The maximum absolute atomic E-state index is 10.2. The normalized spacial score (nSPS) is 11.4. The Bertz CT molecular complexity index is 309. The predicted octanol–water partition coefficient (Wildman–Crippen LogP) is 1.29. The van der Waals surface area contributed by atoms with Gasteiger partial charge in [0.25, 0.3) is 0 Å². The van der Waals surface area contributed by atoms with Gasteiger partial charge in [0.1, 0.15) is 0 Å². The Morgan fingerprint density at radius 2 is 2.15 bits per heavy atom. The third kappa shape index (κ3) is 1.88. The summed E-state index contributed by atoms with van der Waals surface area (Å²) < 4.78 is 1.88. The maximum Gasteiger partial charge on any atom is 0.213 e. The number of hydrogen-bond donors (Lipinski definition) is 1. The quantitative estimate of drug-likeness (QED) is 0.699. The number of rotatable bonds is 2. The minimum atomic E-state index is 0.0462. The summed E-state index contributed by atoms with van der Waals surface area (Å²) in [5, 5.41) is 2.54. The summed E-state index contributed by atoms with van der Waals surface area (Å²) in [7, 11) is 1.89. The van der Waals surface area contributed by atoms with Crippen LogP contribution in [0.4, 0.5) is 5.95 Å². The van der Waals surface area contributed by atoms with Crippen molar-refractivity contribution in [3.8, 4) is 0 Å². The zero-order chi connectivity index (χ0) is 10.1. The van der Waals surface area contributed by atoms with Crippen LogP contribution in [0.25, 0.3) is 0 Å². The van der Waals surface area contributed by atoms with Gasteiger partial charge in [0.2, 0.25) is 12.4 Å². The van der Waals surface area contributed by atoms with Crippen molar-refractivity contribution in [1.82, 2.24) is 9.55 Å². The Labute approximate surface area is 78.0 Å². The summed E-state index contributed by atoms with van der Waals surface area (Å²) >= 11 is 0. The number of amides is 1. The third-order valence-corrected chi connectivity index (χ3v) is 1.94. The van der Waals surface area contributed by atoms with E-state index in [9.17, 15) is 4.79 Å². The first-order chi connectivity index (χ1) is 5.96. The number of carbonyl (C=O) groups excluding carboxylic acids is 1. The summed E-state index contributed by atoms with van der Waals surface area (Å²) in [5.74, 6) is 0.583. The summed E-state index contributed by atoms with van der Waals surface area (Å²) in [5.41, 5.74) is 1.14. The standard InChI is InChI=1S/C9H15N3O/c1-9(2,3)7-5-10-8(11-6-13)12(7)4/h5-6H,1-4H3,(H,10,11,13). The first kappa shape index (κ1) is 9.77. The highest BCUT2D eigenvalue weighted by Crippen LogP contribution is 2.23. The van der Waals surface area contributed by atoms with E-state index in [1.54, 1.807) is 6.20 Å². The zero-order valence-corrected chi connectivity index (χ0v) is 8.46. The van der Waals surface area contributed by atoms with E-state index in [2.05, 4.69) is 31.1 Å². The molecular formula is C9H15N3O. The molecule has 1 heterocycles. The second-order valence-electron chi connectivity index (χ2n) is 4.04. The van der Waals surface area contributed by atoms with Gasteiger partial charge in [-0.2, -0.15) is 0 Å². The van der Waals surface area contributed by atoms with Gasteiger partial charge in [-0.1, -0.05) is 20.8 Å². The van der Waals surface area contributed by atoms with Crippen LogP contribution in [0, 0.1) is 0 Å². The van der Waals surface area contributed by atoms with E-state index in [1.165, 1.54) is 0 Å². The fraction of sp³-hybridized carbons (Fsp3) is 0.556. The van der Waals surface area contributed by atoms with E-state index in [4.69, 9.17) is 0 Å². The summed E-state index contributed by atoms with van der Waals surface area (Å²) in [4.78, 5) is 14.3. The molecule has 13 heavy (non-hydrogen) atoms. The molecule has 0 saturated carbocycles. The second kappa shape index (κ2) is 3.20. The highest BCUT2D eigenvalue weighted by atomic mass is 16.1. The fourth-order valence-corrected chi connectivity index (χ4v) is 1.29. The second-order valence-corrected chi connectivity index (χ2v) is 4.04. The van der Waals surface area contributed by atoms with Crippen LogP contribution >= 0.6 is 0 Å². The van der Waals surface area contributed by atoms with Crippen LogP contribution in [0.1, 0.15) is 26.5 Å². The highest BCUT2D eigenvalue weighted by Gasteiger charge is 2.19. The number of carbonyl (C=O) groups is 1. The molecule has 1 aromatic rings. The van der Waals surface area contributed by atoms with E-state index >= 15 is 0 Å². The van der Waals surface area contributed by atoms with Crippen LogP contribution in [0.2, 0.25) is 0 Å². The molecule has 1 N–H and O–H groups in total. The van der Waals surface area contributed by atoms with Crippen molar-refractivity contribution in [1.29, 1.82) is 0 Å². The largest absolute Gasteiger partial charge is 0.317 e. The van der Waals surface area contributed by atoms with Crippen LogP contribution in [0.3, 0.4) is 0 Å². The van der Waals surface area contributed by atoms with Gasteiger partial charge in [-0.25, -0.2) is 4.98 Å². The Hall–Kier alpha value is -1.32. The van der Waals surface area contributed by atoms with Crippen molar-refractivity contribution < 1.29 is 4.79 Å². The number of hydrogen-bond acceptors (Lipinski definition) is 2. The van der Waals surface area contributed by atoms with Crippen LogP contribution in [0.5, 0.6) is 0 Å². The molecule has 72 valence electrons. The molecule has 0 radical (unpaired) electrons. The molecule has 0 fully saturated rings. The molecular weight excluding hydrogens is 166 g/mol. The molecule has 4 nitrogen and oxygen atoms in total. The Kier molecular flexibility index (Phi) is 2.40. The average molecular weight is 181 g/mol. The molecule has 1 aromatic heterocycles. The van der Waals surface area contributed by atoms with Crippen LogP contribution in [-0.4, -0.2) is 16.0 Å². The summed E-state index contributed by atoms with van der Waals surface area (Å²) in [6.45, 7) is 6.32. The molecule has 0 aliphatic rings. The molecule has 0 bridgehead atoms. The van der Waals surface area contributed by atoms with Crippen molar-refractivity contribution in [2.24, 2.45) is 7.05 Å². The van der Waals surface area contributed by atoms with Gasteiger partial charge < -0.3 is 4.57 Å². The lowest BCUT2D eigenvalue weighted by Gasteiger charge is -2.18. The lowest BCUT2D eigenvalue weighted by Crippen LogP contribution is -2.16. The van der Waals surface area contributed by atoms with Crippen molar-refractivity contribution in [3.63, 3.8) is 0 Å². The van der Waals surface area contributed by atoms with E-state index in [0.717, 1.165) is 5.69 Å². The molecule has 0 spiro atoms. The molecule has 0 aliphatic heterocycles. The fourth-order valence-electron chi connectivity index (χ4n) is 1.29. The molecule has 1 amide bonds. The molecule has 0 saturated heterocycles. The average Bonchev–Trinajstić information content (AvgIpc) is 2.32. The predicted molar refractivity (Wildman–Crippen MR) is 51.6 cm³/mol. The smallest absolute Gasteiger partial charge is 0.213 e.